The van der Waals surface area contributed by atoms with Gasteiger partial charge in [-0.2, -0.15) is 5.10 Å². The highest BCUT2D eigenvalue weighted by atomic mass is 16.2. The van der Waals surface area contributed by atoms with E-state index in [-0.39, 0.29) is 0 Å². The number of rotatable bonds is 4. The van der Waals surface area contributed by atoms with Crippen molar-refractivity contribution < 1.29 is 9.59 Å². The minimum absolute atomic E-state index is 0.573. The third kappa shape index (κ3) is 4.91. The number of hydrogen-bond donors (Lipinski definition) is 2. The van der Waals surface area contributed by atoms with E-state index in [4.69, 9.17) is 0 Å². The Balaban J connectivity index is 1.71. The molecule has 0 aliphatic rings. The van der Waals surface area contributed by atoms with Gasteiger partial charge in [-0.05, 0) is 88.1 Å². The Hall–Kier alpha value is -3.67. The summed E-state index contributed by atoms with van der Waals surface area (Å²) < 4.78 is 2.16. The van der Waals surface area contributed by atoms with E-state index in [9.17, 15) is 9.59 Å². The maximum Gasteiger partial charge on any atom is 0.329 e. The van der Waals surface area contributed by atoms with E-state index < -0.39 is 11.8 Å². The molecule has 0 saturated carbocycles. The first-order valence-electron chi connectivity index (χ1n) is 10.2. The second-order valence-electron chi connectivity index (χ2n) is 7.90. The molecule has 0 unspecified atom stereocenters. The van der Waals surface area contributed by atoms with Crippen LogP contribution in [0.15, 0.2) is 47.6 Å². The van der Waals surface area contributed by atoms with Gasteiger partial charge in [-0.25, -0.2) is 5.43 Å². The Morgan fingerprint density at radius 3 is 2.26 bits per heavy atom. The highest BCUT2D eigenvalue weighted by Crippen LogP contribution is 2.23. The first-order valence-corrected chi connectivity index (χ1v) is 10.2. The van der Waals surface area contributed by atoms with Gasteiger partial charge in [0.05, 0.1) is 6.21 Å². The second kappa shape index (κ2) is 9.00. The normalized spacial score (nSPS) is 11.0. The molecule has 6 nitrogen and oxygen atoms in total. The number of aryl methyl sites for hydroxylation is 5. The Morgan fingerprint density at radius 1 is 0.839 bits per heavy atom. The monoisotopic (exact) mass is 416 g/mol. The molecule has 3 rings (SSSR count). The van der Waals surface area contributed by atoms with Crippen molar-refractivity contribution in [1.82, 2.24) is 9.99 Å². The molecule has 0 spiro atoms. The molecule has 0 radical (unpaired) electrons. The molecular weight excluding hydrogens is 388 g/mol. The summed E-state index contributed by atoms with van der Waals surface area (Å²) in [5, 5.41) is 6.57. The highest BCUT2D eigenvalue weighted by Gasteiger charge is 2.14. The average molecular weight is 417 g/mol. The zero-order valence-electron chi connectivity index (χ0n) is 18.8. The zero-order valence-corrected chi connectivity index (χ0v) is 18.8. The number of amides is 2. The van der Waals surface area contributed by atoms with Gasteiger partial charge in [-0.15, -0.1) is 0 Å². The Labute approximate surface area is 183 Å². The molecule has 1 heterocycles. The van der Waals surface area contributed by atoms with Crippen molar-refractivity contribution in [2.45, 2.75) is 41.5 Å². The molecule has 0 fully saturated rings. The van der Waals surface area contributed by atoms with E-state index in [0.29, 0.717) is 5.69 Å². The van der Waals surface area contributed by atoms with Crippen molar-refractivity contribution >= 4 is 23.7 Å². The summed E-state index contributed by atoms with van der Waals surface area (Å²) in [7, 11) is 0. The van der Waals surface area contributed by atoms with Gasteiger partial charge in [-0.1, -0.05) is 18.2 Å². The highest BCUT2D eigenvalue weighted by molar-refractivity contribution is 6.39. The van der Waals surface area contributed by atoms with Crippen LogP contribution in [0.1, 0.15) is 39.2 Å². The third-order valence-corrected chi connectivity index (χ3v) is 5.42. The lowest BCUT2D eigenvalue weighted by Crippen LogP contribution is -2.32. The van der Waals surface area contributed by atoms with Crippen LogP contribution in [0, 0.1) is 41.5 Å². The van der Waals surface area contributed by atoms with Crippen molar-refractivity contribution in [3.8, 4) is 5.69 Å². The Bertz CT molecular complexity index is 1190. The number of nitrogens with one attached hydrogen (secondary N) is 2. The summed E-state index contributed by atoms with van der Waals surface area (Å²) >= 11 is 0. The molecule has 0 atom stereocenters. The van der Waals surface area contributed by atoms with Crippen molar-refractivity contribution in [3.63, 3.8) is 0 Å². The molecule has 0 aliphatic carbocycles. The van der Waals surface area contributed by atoms with E-state index in [1.807, 2.05) is 45.9 Å². The lowest BCUT2D eigenvalue weighted by molar-refractivity contribution is -0.136. The standard InChI is InChI=1S/C25H28N4O2/c1-15-7-8-17(3)23(11-15)29-19(5)13-21(20(29)6)14-26-28-25(31)24(30)27-22-10-9-16(2)18(4)12-22/h7-14H,1-6H3,(H,27,30)(H,28,31)/b26-14-. The molecule has 0 saturated heterocycles. The second-order valence-corrected chi connectivity index (χ2v) is 7.90. The zero-order chi connectivity index (χ0) is 22.7. The van der Waals surface area contributed by atoms with Gasteiger partial charge in [0.1, 0.15) is 0 Å². The predicted molar refractivity (Wildman–Crippen MR) is 125 cm³/mol. The summed E-state index contributed by atoms with van der Waals surface area (Å²) in [5.74, 6) is -1.58. The van der Waals surface area contributed by atoms with E-state index in [1.54, 1.807) is 12.3 Å². The van der Waals surface area contributed by atoms with E-state index in [1.165, 1.54) is 11.1 Å². The van der Waals surface area contributed by atoms with Crippen molar-refractivity contribution in [1.29, 1.82) is 0 Å². The van der Waals surface area contributed by atoms with Gasteiger partial charge in [0.15, 0.2) is 0 Å². The number of carbonyl (C=O) groups excluding carboxylic acids is 2. The van der Waals surface area contributed by atoms with Crippen molar-refractivity contribution in [3.05, 3.63) is 81.7 Å². The largest absolute Gasteiger partial charge is 0.329 e. The number of hydrogen-bond acceptors (Lipinski definition) is 3. The van der Waals surface area contributed by atoms with Crippen molar-refractivity contribution in [2.75, 3.05) is 5.32 Å². The lowest BCUT2D eigenvalue weighted by atomic mass is 10.1. The molecule has 2 amide bonds. The summed E-state index contributed by atoms with van der Waals surface area (Å²) in [4.78, 5) is 24.2. The first kappa shape index (κ1) is 22.0. The van der Waals surface area contributed by atoms with Crippen LogP contribution in [0.3, 0.4) is 0 Å². The first-order chi connectivity index (χ1) is 14.7. The smallest absolute Gasteiger partial charge is 0.318 e. The quantitative estimate of drug-likeness (QED) is 0.375. The van der Waals surface area contributed by atoms with Crippen LogP contribution < -0.4 is 10.7 Å². The number of aromatic nitrogens is 1. The minimum atomic E-state index is -0.821. The van der Waals surface area contributed by atoms with Gasteiger partial charge < -0.3 is 9.88 Å². The van der Waals surface area contributed by atoms with Crippen LogP contribution in [0.4, 0.5) is 5.69 Å². The van der Waals surface area contributed by atoms with Crippen molar-refractivity contribution in [2.24, 2.45) is 5.10 Å². The van der Waals surface area contributed by atoms with Crippen LogP contribution in [-0.2, 0) is 9.59 Å². The van der Waals surface area contributed by atoms with Crippen LogP contribution >= 0.6 is 0 Å². The molecule has 2 aromatic carbocycles. The molecule has 0 bridgehead atoms. The molecule has 0 aliphatic heterocycles. The molecule has 6 heteroatoms. The van der Waals surface area contributed by atoms with Gasteiger partial charge in [-0.3, -0.25) is 9.59 Å². The summed E-state index contributed by atoms with van der Waals surface area (Å²) in [5.41, 5.74) is 11.4. The van der Waals surface area contributed by atoms with E-state index >= 15 is 0 Å². The number of hydrazone groups is 1. The summed E-state index contributed by atoms with van der Waals surface area (Å²) in [6.07, 6.45) is 1.56. The SMILES string of the molecule is Cc1ccc(C)c(-n2c(C)cc(/C=N\NC(=O)C(=O)Nc3ccc(C)c(C)c3)c2C)c1. The molecule has 160 valence electrons. The Kier molecular flexibility index (Phi) is 6.39. The average Bonchev–Trinajstić information content (AvgIpc) is 2.99. The van der Waals surface area contributed by atoms with Crippen LogP contribution in [0.2, 0.25) is 0 Å². The maximum absolute atomic E-state index is 12.1. The summed E-state index contributed by atoms with van der Waals surface area (Å²) in [6.45, 7) is 12.1. The molecule has 1 aromatic heterocycles. The van der Waals surface area contributed by atoms with Crippen LogP contribution in [0.25, 0.3) is 5.69 Å². The number of carbonyl (C=O) groups is 2. The predicted octanol–water partition coefficient (Wildman–Crippen LogP) is 4.42. The number of benzene rings is 2. The van der Waals surface area contributed by atoms with Gasteiger partial charge >= 0.3 is 11.8 Å². The van der Waals surface area contributed by atoms with Crippen LogP contribution in [-0.4, -0.2) is 22.6 Å². The molecule has 3 aromatic rings. The molecule has 31 heavy (non-hydrogen) atoms. The lowest BCUT2D eigenvalue weighted by Gasteiger charge is -2.13. The van der Waals surface area contributed by atoms with Gasteiger partial charge in [0.2, 0.25) is 0 Å². The Morgan fingerprint density at radius 2 is 1.55 bits per heavy atom. The summed E-state index contributed by atoms with van der Waals surface area (Å²) in [6, 6.07) is 13.8. The third-order valence-electron chi connectivity index (χ3n) is 5.42. The van der Waals surface area contributed by atoms with Gasteiger partial charge in [0, 0.05) is 28.3 Å². The van der Waals surface area contributed by atoms with Gasteiger partial charge in [0.25, 0.3) is 0 Å². The fourth-order valence-electron chi connectivity index (χ4n) is 3.47. The minimum Gasteiger partial charge on any atom is -0.318 e. The molecular formula is C25H28N4O2. The van der Waals surface area contributed by atoms with E-state index in [2.05, 4.69) is 52.5 Å². The topological polar surface area (TPSA) is 75.5 Å². The van der Waals surface area contributed by atoms with Crippen LogP contribution in [0.5, 0.6) is 0 Å². The maximum atomic E-state index is 12.1. The van der Waals surface area contributed by atoms with E-state index in [0.717, 1.165) is 33.8 Å². The fourth-order valence-corrected chi connectivity index (χ4v) is 3.47. The molecule has 2 N–H and O–H groups in total. The number of nitrogens with zero attached hydrogens (tertiary/aromatic N) is 2. The fraction of sp³-hybridized carbons (Fsp3) is 0.240. The number of anilines is 1.